The third-order valence-corrected chi connectivity index (χ3v) is 5.17. The van der Waals surface area contributed by atoms with Gasteiger partial charge in [0.25, 0.3) is 0 Å². The van der Waals surface area contributed by atoms with Crippen molar-refractivity contribution in [2.45, 2.75) is 45.0 Å². The maximum absolute atomic E-state index is 13.9. The fraction of sp³-hybridized carbons (Fsp3) is 0.562. The van der Waals surface area contributed by atoms with Gasteiger partial charge in [-0.2, -0.15) is 0 Å². The highest BCUT2D eigenvalue weighted by Gasteiger charge is 2.29. The fourth-order valence-electron chi connectivity index (χ4n) is 3.64. The Bertz CT molecular complexity index is 668. The Balaban J connectivity index is 2.14. The van der Waals surface area contributed by atoms with Crippen molar-refractivity contribution in [3.63, 3.8) is 0 Å². The van der Waals surface area contributed by atoms with Crippen molar-refractivity contribution < 1.29 is 4.39 Å². The van der Waals surface area contributed by atoms with E-state index >= 15 is 0 Å². The van der Waals surface area contributed by atoms with Crippen LogP contribution in [0.15, 0.2) is 12.1 Å². The van der Waals surface area contributed by atoms with Gasteiger partial charge in [-0.15, -0.1) is 11.6 Å². The van der Waals surface area contributed by atoms with E-state index in [1.165, 1.54) is 18.9 Å². The van der Waals surface area contributed by atoms with Gasteiger partial charge in [0.15, 0.2) is 0 Å². The minimum Gasteiger partial charge on any atom is -0.323 e. The van der Waals surface area contributed by atoms with Crippen LogP contribution in [0.2, 0.25) is 5.02 Å². The molecule has 1 aromatic heterocycles. The molecule has 1 aliphatic rings. The van der Waals surface area contributed by atoms with Gasteiger partial charge in [-0.3, -0.25) is 0 Å². The lowest BCUT2D eigenvalue weighted by Gasteiger charge is -2.34. The summed E-state index contributed by atoms with van der Waals surface area (Å²) >= 11 is 11.9. The number of aromatic nitrogens is 2. The fourth-order valence-corrected chi connectivity index (χ4v) is 3.98. The predicted molar refractivity (Wildman–Crippen MR) is 85.5 cm³/mol. The molecule has 0 N–H and O–H groups in total. The van der Waals surface area contributed by atoms with Gasteiger partial charge in [0, 0.05) is 12.1 Å². The monoisotopic (exact) mass is 328 g/mol. The highest BCUT2D eigenvalue weighted by atomic mass is 35.5. The summed E-state index contributed by atoms with van der Waals surface area (Å²) in [5.41, 5.74) is 1.53. The molecule has 1 aliphatic carbocycles. The summed E-state index contributed by atoms with van der Waals surface area (Å²) in [6.45, 7) is 4.55. The molecule has 0 amide bonds. The van der Waals surface area contributed by atoms with Crippen LogP contribution in [-0.4, -0.2) is 9.55 Å². The normalized spacial score (nSPS) is 26.4. The van der Waals surface area contributed by atoms with Crippen molar-refractivity contribution in [2.75, 3.05) is 0 Å². The number of hydrogen-bond donors (Lipinski definition) is 0. The van der Waals surface area contributed by atoms with E-state index in [0.717, 1.165) is 29.2 Å². The number of benzene rings is 1. The van der Waals surface area contributed by atoms with Crippen LogP contribution in [0.1, 0.15) is 45.0 Å². The summed E-state index contributed by atoms with van der Waals surface area (Å²) in [6, 6.07) is 3.42. The topological polar surface area (TPSA) is 17.8 Å². The largest absolute Gasteiger partial charge is 0.323 e. The average Bonchev–Trinajstić information content (AvgIpc) is 2.77. The molecule has 0 bridgehead atoms. The minimum absolute atomic E-state index is 0.110. The van der Waals surface area contributed by atoms with E-state index in [1.807, 2.05) is 0 Å². The molecular weight excluding hydrogens is 310 g/mol. The quantitative estimate of drug-likeness (QED) is 0.659. The zero-order chi connectivity index (χ0) is 15.1. The Kier molecular flexibility index (Phi) is 4.15. The zero-order valence-corrected chi connectivity index (χ0v) is 13.8. The number of hydrogen-bond acceptors (Lipinski definition) is 1. The molecule has 1 heterocycles. The maximum Gasteiger partial charge on any atom is 0.144 e. The van der Waals surface area contributed by atoms with Crippen LogP contribution in [0.25, 0.3) is 11.0 Å². The number of imidazole rings is 1. The average molecular weight is 329 g/mol. The van der Waals surface area contributed by atoms with E-state index in [2.05, 4.69) is 23.4 Å². The first-order valence-electron chi connectivity index (χ1n) is 7.43. The van der Waals surface area contributed by atoms with E-state index in [9.17, 15) is 4.39 Å². The number of alkyl halides is 1. The lowest BCUT2D eigenvalue weighted by molar-refractivity contribution is 0.208. The predicted octanol–water partition coefficient (Wildman–Crippen LogP) is 5.56. The van der Waals surface area contributed by atoms with Gasteiger partial charge < -0.3 is 4.57 Å². The zero-order valence-electron chi connectivity index (χ0n) is 12.2. The smallest absolute Gasteiger partial charge is 0.144 e. The summed E-state index contributed by atoms with van der Waals surface area (Å²) in [4.78, 5) is 4.54. The Morgan fingerprint density at radius 3 is 2.76 bits per heavy atom. The van der Waals surface area contributed by atoms with Crippen LogP contribution in [0, 0.1) is 17.7 Å². The van der Waals surface area contributed by atoms with E-state index < -0.39 is 5.82 Å². The Labute approximate surface area is 134 Å². The van der Waals surface area contributed by atoms with E-state index in [-0.39, 0.29) is 5.02 Å². The van der Waals surface area contributed by atoms with E-state index in [0.29, 0.717) is 17.8 Å². The SMILES string of the molecule is CC1CCC(n2c(CCl)nc3cc(Cl)c(F)cc32)C(C)C1. The Hall–Kier alpha value is -0.800. The molecule has 0 saturated heterocycles. The van der Waals surface area contributed by atoms with E-state index in [1.54, 1.807) is 6.07 Å². The minimum atomic E-state index is -0.400. The molecule has 21 heavy (non-hydrogen) atoms. The first kappa shape index (κ1) is 15.1. The Morgan fingerprint density at radius 1 is 1.33 bits per heavy atom. The maximum atomic E-state index is 13.9. The van der Waals surface area contributed by atoms with Gasteiger partial charge in [0.1, 0.15) is 11.6 Å². The van der Waals surface area contributed by atoms with Crippen molar-refractivity contribution in [1.82, 2.24) is 9.55 Å². The summed E-state index contributed by atoms with van der Waals surface area (Å²) in [5.74, 6) is 2.01. The van der Waals surface area contributed by atoms with Gasteiger partial charge in [-0.25, -0.2) is 9.37 Å². The third-order valence-electron chi connectivity index (χ3n) is 4.64. The Morgan fingerprint density at radius 2 is 2.10 bits per heavy atom. The van der Waals surface area contributed by atoms with E-state index in [4.69, 9.17) is 23.2 Å². The molecule has 1 fully saturated rings. The number of nitrogens with zero attached hydrogens (tertiary/aromatic N) is 2. The molecule has 0 radical (unpaired) electrons. The molecule has 0 spiro atoms. The van der Waals surface area contributed by atoms with Crippen molar-refractivity contribution in [1.29, 1.82) is 0 Å². The first-order chi connectivity index (χ1) is 10.0. The van der Waals surface area contributed by atoms with Crippen LogP contribution in [-0.2, 0) is 5.88 Å². The number of halogens is 3. The lowest BCUT2D eigenvalue weighted by Crippen LogP contribution is -2.25. The molecule has 3 rings (SSSR count). The van der Waals surface area contributed by atoms with Gasteiger partial charge in [-0.05, 0) is 37.2 Å². The lowest BCUT2D eigenvalue weighted by atomic mass is 9.79. The highest BCUT2D eigenvalue weighted by molar-refractivity contribution is 6.31. The standard InChI is InChI=1S/C16H19Cl2FN2/c1-9-3-4-14(10(2)5-9)21-15-7-12(19)11(18)6-13(15)20-16(21)8-17/h6-7,9-10,14H,3-5,8H2,1-2H3. The second-order valence-electron chi connectivity index (χ2n) is 6.25. The van der Waals surface area contributed by atoms with Gasteiger partial charge in [0.2, 0.25) is 0 Å². The molecule has 2 aromatic rings. The summed E-state index contributed by atoms with van der Waals surface area (Å²) in [6.07, 6.45) is 3.45. The highest BCUT2D eigenvalue weighted by Crippen LogP contribution is 2.39. The molecule has 3 atom stereocenters. The molecule has 2 nitrogen and oxygen atoms in total. The van der Waals surface area contributed by atoms with Gasteiger partial charge >= 0.3 is 0 Å². The molecule has 1 aromatic carbocycles. The molecule has 114 valence electrons. The van der Waals surface area contributed by atoms with Gasteiger partial charge in [0.05, 0.1) is 21.9 Å². The number of fused-ring (bicyclic) bond motifs is 1. The van der Waals surface area contributed by atoms with Crippen molar-refractivity contribution >= 4 is 34.2 Å². The second-order valence-corrected chi connectivity index (χ2v) is 6.92. The van der Waals surface area contributed by atoms with Crippen LogP contribution in [0.5, 0.6) is 0 Å². The molecule has 3 unspecified atom stereocenters. The van der Waals surface area contributed by atoms with Gasteiger partial charge in [-0.1, -0.05) is 25.4 Å². The first-order valence-corrected chi connectivity index (χ1v) is 8.34. The molecular formula is C16H19Cl2FN2. The molecule has 1 saturated carbocycles. The van der Waals surface area contributed by atoms with Crippen molar-refractivity contribution in [3.05, 3.63) is 28.8 Å². The molecule has 0 aliphatic heterocycles. The van der Waals surface area contributed by atoms with Crippen LogP contribution in [0.3, 0.4) is 0 Å². The summed E-state index contributed by atoms with van der Waals surface area (Å²) in [5, 5.41) is 0.110. The molecule has 5 heteroatoms. The second kappa shape index (κ2) is 5.77. The number of rotatable bonds is 2. The van der Waals surface area contributed by atoms with Crippen molar-refractivity contribution in [2.24, 2.45) is 11.8 Å². The third kappa shape index (κ3) is 2.66. The van der Waals surface area contributed by atoms with Crippen LogP contribution in [0.4, 0.5) is 4.39 Å². The van der Waals surface area contributed by atoms with Crippen molar-refractivity contribution in [3.8, 4) is 0 Å². The van der Waals surface area contributed by atoms with Crippen LogP contribution >= 0.6 is 23.2 Å². The summed E-state index contributed by atoms with van der Waals surface area (Å²) < 4.78 is 16.0. The summed E-state index contributed by atoms with van der Waals surface area (Å²) in [7, 11) is 0. The van der Waals surface area contributed by atoms with Crippen LogP contribution < -0.4 is 0 Å².